The van der Waals surface area contributed by atoms with Crippen LogP contribution in [-0.2, 0) is 16.1 Å². The lowest BCUT2D eigenvalue weighted by molar-refractivity contribution is -0.126. The van der Waals surface area contributed by atoms with E-state index in [4.69, 9.17) is 4.74 Å². The molecule has 1 heterocycles. The molecule has 0 radical (unpaired) electrons. The fraction of sp³-hybridized carbons (Fsp3) is 0.429. The number of nitrogens with zero attached hydrogens (tertiary/aromatic N) is 1. The molecule has 0 unspecified atom stereocenters. The van der Waals surface area contributed by atoms with Gasteiger partial charge in [0.15, 0.2) is 0 Å². The van der Waals surface area contributed by atoms with Gasteiger partial charge in [0.1, 0.15) is 13.2 Å². The molecule has 1 N–H and O–H groups in total. The molecule has 1 saturated heterocycles. The van der Waals surface area contributed by atoms with E-state index in [9.17, 15) is 9.59 Å². The SMILES string of the molecule is CC1(C)CNC(=O)CN1C(=O)OCc1ccccc1. The van der Waals surface area contributed by atoms with Crippen LogP contribution in [0.1, 0.15) is 19.4 Å². The molecule has 0 saturated carbocycles. The average Bonchev–Trinajstić information content (AvgIpc) is 2.40. The van der Waals surface area contributed by atoms with Crippen LogP contribution in [0.25, 0.3) is 0 Å². The highest BCUT2D eigenvalue weighted by atomic mass is 16.6. The zero-order valence-corrected chi connectivity index (χ0v) is 11.2. The molecule has 0 aromatic heterocycles. The minimum absolute atomic E-state index is 0.0423. The number of hydrogen-bond donors (Lipinski definition) is 1. The van der Waals surface area contributed by atoms with Crippen molar-refractivity contribution in [3.8, 4) is 0 Å². The van der Waals surface area contributed by atoms with Crippen molar-refractivity contribution in [2.75, 3.05) is 13.1 Å². The average molecular weight is 262 g/mol. The molecule has 1 aliphatic heterocycles. The lowest BCUT2D eigenvalue weighted by atomic mass is 10.0. The van der Waals surface area contributed by atoms with Gasteiger partial charge in [-0.25, -0.2) is 4.79 Å². The molecule has 2 amide bonds. The maximum absolute atomic E-state index is 12.1. The van der Waals surface area contributed by atoms with Crippen LogP contribution in [0.3, 0.4) is 0 Å². The summed E-state index contributed by atoms with van der Waals surface area (Å²) < 4.78 is 5.26. The van der Waals surface area contributed by atoms with Gasteiger partial charge in [0.05, 0.1) is 5.54 Å². The molecule has 102 valence electrons. The summed E-state index contributed by atoms with van der Waals surface area (Å²) >= 11 is 0. The Morgan fingerprint density at radius 1 is 1.37 bits per heavy atom. The zero-order chi connectivity index (χ0) is 13.9. The minimum atomic E-state index is -0.455. The van der Waals surface area contributed by atoms with Crippen molar-refractivity contribution in [1.29, 1.82) is 0 Å². The monoisotopic (exact) mass is 262 g/mol. The summed E-state index contributed by atoms with van der Waals surface area (Å²) in [6.07, 6.45) is -0.455. The van der Waals surface area contributed by atoms with Crippen molar-refractivity contribution in [3.63, 3.8) is 0 Å². The number of hydrogen-bond acceptors (Lipinski definition) is 3. The second-order valence-corrected chi connectivity index (χ2v) is 5.22. The number of carbonyl (C=O) groups is 2. The predicted octanol–water partition coefficient (Wildman–Crippen LogP) is 1.53. The first-order valence-electron chi connectivity index (χ1n) is 6.24. The molecular weight excluding hydrogens is 244 g/mol. The van der Waals surface area contributed by atoms with Gasteiger partial charge in [0.2, 0.25) is 5.91 Å². The summed E-state index contributed by atoms with van der Waals surface area (Å²) in [5.41, 5.74) is 0.497. The Hall–Kier alpha value is -2.04. The second-order valence-electron chi connectivity index (χ2n) is 5.22. The fourth-order valence-corrected chi connectivity index (χ4v) is 1.93. The molecule has 0 atom stereocenters. The predicted molar refractivity (Wildman–Crippen MR) is 70.4 cm³/mol. The molecule has 1 aliphatic rings. The highest BCUT2D eigenvalue weighted by Crippen LogP contribution is 2.18. The Bertz CT molecular complexity index is 471. The first-order chi connectivity index (χ1) is 8.99. The summed E-state index contributed by atoms with van der Waals surface area (Å²) in [6.45, 7) is 4.49. The van der Waals surface area contributed by atoms with Crippen LogP contribution in [0.5, 0.6) is 0 Å². The van der Waals surface area contributed by atoms with Crippen LogP contribution in [0.15, 0.2) is 30.3 Å². The number of benzene rings is 1. The molecule has 1 aromatic carbocycles. The van der Waals surface area contributed by atoms with Crippen molar-refractivity contribution in [2.24, 2.45) is 0 Å². The maximum Gasteiger partial charge on any atom is 0.411 e. The molecule has 0 spiro atoms. The Labute approximate surface area is 112 Å². The minimum Gasteiger partial charge on any atom is -0.445 e. The van der Waals surface area contributed by atoms with E-state index < -0.39 is 11.6 Å². The zero-order valence-electron chi connectivity index (χ0n) is 11.2. The molecule has 2 rings (SSSR count). The van der Waals surface area contributed by atoms with E-state index in [1.54, 1.807) is 0 Å². The quantitative estimate of drug-likeness (QED) is 0.879. The van der Waals surface area contributed by atoms with Gasteiger partial charge in [0.25, 0.3) is 0 Å². The Morgan fingerprint density at radius 3 is 2.74 bits per heavy atom. The van der Waals surface area contributed by atoms with E-state index >= 15 is 0 Å². The lowest BCUT2D eigenvalue weighted by Gasteiger charge is -2.40. The fourth-order valence-electron chi connectivity index (χ4n) is 1.93. The number of carbonyl (C=O) groups excluding carboxylic acids is 2. The summed E-state index contributed by atoms with van der Waals surface area (Å²) in [7, 11) is 0. The maximum atomic E-state index is 12.1. The van der Waals surface area contributed by atoms with Crippen LogP contribution in [0.2, 0.25) is 0 Å². The van der Waals surface area contributed by atoms with Gasteiger partial charge >= 0.3 is 6.09 Å². The third-order valence-electron chi connectivity index (χ3n) is 3.18. The third kappa shape index (κ3) is 3.24. The molecule has 5 heteroatoms. The van der Waals surface area contributed by atoms with Gasteiger partial charge in [-0.05, 0) is 19.4 Å². The first kappa shape index (κ1) is 13.4. The van der Waals surface area contributed by atoms with E-state index in [1.807, 2.05) is 44.2 Å². The van der Waals surface area contributed by atoms with Gasteiger partial charge < -0.3 is 10.1 Å². The Kier molecular flexibility index (Phi) is 3.74. The van der Waals surface area contributed by atoms with E-state index in [2.05, 4.69) is 5.32 Å². The van der Waals surface area contributed by atoms with Crippen LogP contribution in [0.4, 0.5) is 4.79 Å². The van der Waals surface area contributed by atoms with Gasteiger partial charge in [-0.2, -0.15) is 0 Å². The van der Waals surface area contributed by atoms with E-state index in [0.717, 1.165) is 5.56 Å². The standard InChI is InChI=1S/C14H18N2O3/c1-14(2)10-15-12(17)8-16(14)13(18)19-9-11-6-4-3-5-7-11/h3-7H,8-10H2,1-2H3,(H,15,17). The van der Waals surface area contributed by atoms with Crippen LogP contribution >= 0.6 is 0 Å². The molecule has 0 bridgehead atoms. The smallest absolute Gasteiger partial charge is 0.411 e. The van der Waals surface area contributed by atoms with Gasteiger partial charge in [-0.3, -0.25) is 9.69 Å². The number of piperazine rings is 1. The van der Waals surface area contributed by atoms with Gasteiger partial charge in [-0.1, -0.05) is 30.3 Å². The number of amides is 2. The van der Waals surface area contributed by atoms with E-state index in [0.29, 0.717) is 6.54 Å². The largest absolute Gasteiger partial charge is 0.445 e. The normalized spacial score (nSPS) is 17.8. The highest BCUT2D eigenvalue weighted by Gasteiger charge is 2.37. The highest BCUT2D eigenvalue weighted by molar-refractivity contribution is 5.84. The third-order valence-corrected chi connectivity index (χ3v) is 3.18. The number of rotatable bonds is 2. The summed E-state index contributed by atoms with van der Waals surface area (Å²) in [5.74, 6) is -0.156. The topological polar surface area (TPSA) is 58.6 Å². The summed E-state index contributed by atoms with van der Waals surface area (Å²) in [4.78, 5) is 24.9. The van der Waals surface area contributed by atoms with E-state index in [1.165, 1.54) is 4.90 Å². The van der Waals surface area contributed by atoms with Gasteiger partial charge in [-0.15, -0.1) is 0 Å². The summed E-state index contributed by atoms with van der Waals surface area (Å²) in [6, 6.07) is 9.47. The van der Waals surface area contributed by atoms with Crippen molar-refractivity contribution in [3.05, 3.63) is 35.9 Å². The van der Waals surface area contributed by atoms with E-state index in [-0.39, 0.29) is 19.1 Å². The van der Waals surface area contributed by atoms with Crippen LogP contribution in [0, 0.1) is 0 Å². The lowest BCUT2D eigenvalue weighted by Crippen LogP contribution is -2.62. The van der Waals surface area contributed by atoms with Gasteiger partial charge in [0, 0.05) is 6.54 Å². The number of nitrogens with one attached hydrogen (secondary N) is 1. The van der Waals surface area contributed by atoms with Crippen molar-refractivity contribution >= 4 is 12.0 Å². The summed E-state index contributed by atoms with van der Waals surface area (Å²) in [5, 5.41) is 2.74. The van der Waals surface area contributed by atoms with Crippen molar-refractivity contribution in [2.45, 2.75) is 26.0 Å². The molecule has 0 aliphatic carbocycles. The molecule has 5 nitrogen and oxygen atoms in total. The Morgan fingerprint density at radius 2 is 2.05 bits per heavy atom. The Balaban J connectivity index is 1.97. The molecule has 19 heavy (non-hydrogen) atoms. The molecule has 1 fully saturated rings. The van der Waals surface area contributed by atoms with Crippen molar-refractivity contribution in [1.82, 2.24) is 10.2 Å². The second kappa shape index (κ2) is 5.30. The number of ether oxygens (including phenoxy) is 1. The molecule has 1 aromatic rings. The van der Waals surface area contributed by atoms with Crippen molar-refractivity contribution < 1.29 is 14.3 Å². The first-order valence-corrected chi connectivity index (χ1v) is 6.24. The van der Waals surface area contributed by atoms with Crippen LogP contribution < -0.4 is 5.32 Å². The molecular formula is C14H18N2O3. The van der Waals surface area contributed by atoms with Crippen LogP contribution in [-0.4, -0.2) is 35.5 Å².